The fraction of sp³-hybridized carbons (Fsp3) is 0.143. The van der Waals surface area contributed by atoms with E-state index in [0.29, 0.717) is 18.2 Å². The molecule has 0 aliphatic rings. The number of nitrogens with zero attached hydrogens (tertiary/aromatic N) is 1. The fourth-order valence-electron chi connectivity index (χ4n) is 1.55. The molecule has 2 aromatic rings. The van der Waals surface area contributed by atoms with E-state index in [-0.39, 0.29) is 17.2 Å². The third-order valence-electron chi connectivity index (χ3n) is 2.44. The molecule has 1 aromatic heterocycles. The zero-order valence-corrected chi connectivity index (χ0v) is 10.5. The Morgan fingerprint density at radius 2 is 2.11 bits per heavy atom. The highest BCUT2D eigenvalue weighted by atomic mass is 16.5. The van der Waals surface area contributed by atoms with Crippen molar-refractivity contribution in [3.63, 3.8) is 0 Å². The van der Waals surface area contributed by atoms with Crippen LogP contribution in [-0.2, 0) is 0 Å². The van der Waals surface area contributed by atoms with Crippen molar-refractivity contribution in [2.24, 2.45) is 0 Å². The van der Waals surface area contributed by atoms with E-state index in [9.17, 15) is 9.90 Å². The monoisotopic (exact) mass is 258 g/mol. The molecule has 0 saturated heterocycles. The Labute approximate surface area is 110 Å². The SMILES string of the molecule is CCOc1ccc(NC(=O)c2ccccc2O)cn1. The number of hydrogen-bond acceptors (Lipinski definition) is 4. The van der Waals surface area contributed by atoms with Crippen LogP contribution < -0.4 is 10.1 Å². The number of phenolic OH excluding ortho intramolecular Hbond substituents is 1. The van der Waals surface area contributed by atoms with Gasteiger partial charge in [0.15, 0.2) is 0 Å². The molecule has 5 nitrogen and oxygen atoms in total. The molecule has 98 valence electrons. The van der Waals surface area contributed by atoms with E-state index in [4.69, 9.17) is 4.74 Å². The molecule has 0 aliphatic heterocycles. The van der Waals surface area contributed by atoms with Gasteiger partial charge in [0.1, 0.15) is 5.75 Å². The maximum Gasteiger partial charge on any atom is 0.259 e. The lowest BCUT2D eigenvalue weighted by Gasteiger charge is -2.07. The molecule has 19 heavy (non-hydrogen) atoms. The van der Waals surface area contributed by atoms with Crippen molar-refractivity contribution in [1.29, 1.82) is 0 Å². The van der Waals surface area contributed by atoms with Crippen LogP contribution in [0.2, 0.25) is 0 Å². The van der Waals surface area contributed by atoms with Gasteiger partial charge in [-0.2, -0.15) is 0 Å². The quantitative estimate of drug-likeness (QED) is 0.883. The van der Waals surface area contributed by atoms with Crippen molar-refractivity contribution in [1.82, 2.24) is 4.98 Å². The highest BCUT2D eigenvalue weighted by molar-refractivity contribution is 6.06. The minimum atomic E-state index is -0.385. The van der Waals surface area contributed by atoms with Gasteiger partial charge in [-0.1, -0.05) is 12.1 Å². The number of para-hydroxylation sites is 1. The molecule has 0 spiro atoms. The molecule has 5 heteroatoms. The number of aromatic hydroxyl groups is 1. The van der Waals surface area contributed by atoms with Crippen molar-refractivity contribution in [3.8, 4) is 11.6 Å². The van der Waals surface area contributed by atoms with Crippen LogP contribution in [0.1, 0.15) is 17.3 Å². The summed E-state index contributed by atoms with van der Waals surface area (Å²) in [6.45, 7) is 2.41. The van der Waals surface area contributed by atoms with Crippen molar-refractivity contribution < 1.29 is 14.6 Å². The first-order chi connectivity index (χ1) is 9.20. The predicted octanol–water partition coefficient (Wildman–Crippen LogP) is 2.44. The zero-order chi connectivity index (χ0) is 13.7. The molecule has 0 saturated carbocycles. The van der Waals surface area contributed by atoms with Gasteiger partial charge in [0.2, 0.25) is 5.88 Å². The molecule has 2 N–H and O–H groups in total. The molecule has 0 atom stereocenters. The smallest absolute Gasteiger partial charge is 0.259 e. The van der Waals surface area contributed by atoms with Crippen molar-refractivity contribution >= 4 is 11.6 Å². The van der Waals surface area contributed by atoms with Crippen LogP contribution in [0.3, 0.4) is 0 Å². The Kier molecular flexibility index (Phi) is 3.97. The third kappa shape index (κ3) is 3.22. The zero-order valence-electron chi connectivity index (χ0n) is 10.5. The Morgan fingerprint density at radius 3 is 2.74 bits per heavy atom. The fourth-order valence-corrected chi connectivity index (χ4v) is 1.55. The molecule has 1 aromatic carbocycles. The van der Waals surface area contributed by atoms with Crippen LogP contribution in [-0.4, -0.2) is 22.6 Å². The topological polar surface area (TPSA) is 71.5 Å². The summed E-state index contributed by atoms with van der Waals surface area (Å²) >= 11 is 0. The van der Waals surface area contributed by atoms with Crippen LogP contribution >= 0.6 is 0 Å². The molecular weight excluding hydrogens is 244 g/mol. The van der Waals surface area contributed by atoms with Crippen molar-refractivity contribution in [2.75, 3.05) is 11.9 Å². The van der Waals surface area contributed by atoms with Crippen LogP contribution in [0.25, 0.3) is 0 Å². The van der Waals surface area contributed by atoms with Gasteiger partial charge in [-0.25, -0.2) is 4.98 Å². The molecule has 0 bridgehead atoms. The van der Waals surface area contributed by atoms with Crippen LogP contribution in [0, 0.1) is 0 Å². The van der Waals surface area contributed by atoms with Gasteiger partial charge in [0, 0.05) is 6.07 Å². The number of amides is 1. The summed E-state index contributed by atoms with van der Waals surface area (Å²) in [5, 5.41) is 12.2. The van der Waals surface area contributed by atoms with Gasteiger partial charge in [-0.3, -0.25) is 4.79 Å². The molecular formula is C14H14N2O3. The summed E-state index contributed by atoms with van der Waals surface area (Å²) in [6, 6.07) is 9.72. The van der Waals surface area contributed by atoms with E-state index in [1.54, 1.807) is 30.3 Å². The van der Waals surface area contributed by atoms with E-state index in [1.807, 2.05) is 6.92 Å². The highest BCUT2D eigenvalue weighted by Crippen LogP contribution is 2.18. The van der Waals surface area contributed by atoms with E-state index >= 15 is 0 Å². The standard InChI is InChI=1S/C14H14N2O3/c1-2-19-13-8-7-10(9-15-13)16-14(18)11-5-3-4-6-12(11)17/h3-9,17H,2H2,1H3,(H,16,18). The van der Waals surface area contributed by atoms with Crippen molar-refractivity contribution in [3.05, 3.63) is 48.2 Å². The number of aromatic nitrogens is 1. The normalized spacial score (nSPS) is 9.95. The van der Waals surface area contributed by atoms with Crippen LogP contribution in [0.4, 0.5) is 5.69 Å². The number of ether oxygens (including phenoxy) is 1. The van der Waals surface area contributed by atoms with Crippen LogP contribution in [0.5, 0.6) is 11.6 Å². The number of benzene rings is 1. The summed E-state index contributed by atoms with van der Waals surface area (Å²) in [4.78, 5) is 16.0. The van der Waals surface area contributed by atoms with E-state index in [1.165, 1.54) is 12.3 Å². The van der Waals surface area contributed by atoms with E-state index in [0.717, 1.165) is 0 Å². The number of carbonyl (C=O) groups is 1. The Hall–Kier alpha value is -2.56. The van der Waals surface area contributed by atoms with Gasteiger partial charge < -0.3 is 15.2 Å². The second-order valence-electron chi connectivity index (χ2n) is 3.79. The maximum atomic E-state index is 11.9. The minimum Gasteiger partial charge on any atom is -0.507 e. The average Bonchev–Trinajstić information content (AvgIpc) is 2.42. The summed E-state index contributed by atoms with van der Waals surface area (Å²) in [5.74, 6) is 0.0611. The molecule has 0 radical (unpaired) electrons. The third-order valence-corrected chi connectivity index (χ3v) is 2.44. The number of phenols is 1. The van der Waals surface area contributed by atoms with Crippen LogP contribution in [0.15, 0.2) is 42.6 Å². The Morgan fingerprint density at radius 1 is 1.32 bits per heavy atom. The van der Waals surface area contributed by atoms with Gasteiger partial charge in [-0.15, -0.1) is 0 Å². The second-order valence-corrected chi connectivity index (χ2v) is 3.79. The lowest BCUT2D eigenvalue weighted by molar-refractivity contribution is 0.102. The van der Waals surface area contributed by atoms with E-state index in [2.05, 4.69) is 10.3 Å². The largest absolute Gasteiger partial charge is 0.507 e. The number of anilines is 1. The van der Waals surface area contributed by atoms with Gasteiger partial charge in [-0.05, 0) is 25.1 Å². The lowest BCUT2D eigenvalue weighted by atomic mass is 10.2. The van der Waals surface area contributed by atoms with E-state index < -0.39 is 0 Å². The molecule has 1 amide bonds. The number of nitrogens with one attached hydrogen (secondary N) is 1. The number of pyridine rings is 1. The summed E-state index contributed by atoms with van der Waals surface area (Å²) in [6.07, 6.45) is 1.50. The van der Waals surface area contributed by atoms with Gasteiger partial charge in [0.25, 0.3) is 5.91 Å². The Bertz CT molecular complexity index is 567. The number of rotatable bonds is 4. The molecule has 2 rings (SSSR count). The number of hydrogen-bond donors (Lipinski definition) is 2. The first-order valence-corrected chi connectivity index (χ1v) is 5.89. The lowest BCUT2D eigenvalue weighted by Crippen LogP contribution is -2.12. The number of carbonyl (C=O) groups excluding carboxylic acids is 1. The Balaban J connectivity index is 2.09. The summed E-state index contributed by atoms with van der Waals surface area (Å²) in [7, 11) is 0. The first-order valence-electron chi connectivity index (χ1n) is 5.89. The molecule has 0 aliphatic carbocycles. The summed E-state index contributed by atoms with van der Waals surface area (Å²) in [5.41, 5.74) is 0.757. The predicted molar refractivity (Wildman–Crippen MR) is 71.5 cm³/mol. The second kappa shape index (κ2) is 5.86. The summed E-state index contributed by atoms with van der Waals surface area (Å²) < 4.78 is 5.21. The highest BCUT2D eigenvalue weighted by Gasteiger charge is 2.10. The van der Waals surface area contributed by atoms with Gasteiger partial charge >= 0.3 is 0 Å². The molecule has 0 unspecified atom stereocenters. The average molecular weight is 258 g/mol. The molecule has 0 fully saturated rings. The first kappa shape index (κ1) is 12.9. The molecule has 1 heterocycles. The van der Waals surface area contributed by atoms with Crippen molar-refractivity contribution in [2.45, 2.75) is 6.92 Å². The van der Waals surface area contributed by atoms with Gasteiger partial charge in [0.05, 0.1) is 24.1 Å². The maximum absolute atomic E-state index is 11.9. The minimum absolute atomic E-state index is 0.0566.